The Morgan fingerprint density at radius 2 is 2.29 bits per heavy atom. The summed E-state index contributed by atoms with van der Waals surface area (Å²) in [7, 11) is -3.52. The van der Waals surface area contributed by atoms with Gasteiger partial charge in [-0.15, -0.1) is 0 Å². The van der Waals surface area contributed by atoms with Crippen LogP contribution in [0.1, 0.15) is 13.3 Å². The first-order chi connectivity index (χ1) is 6.35. The van der Waals surface area contributed by atoms with Crippen LogP contribution >= 0.6 is 7.60 Å². The fourth-order valence-corrected chi connectivity index (χ4v) is 1.12. The minimum Gasteiger partial charge on any atom is -0.447 e. The molecule has 0 aromatic rings. The van der Waals surface area contributed by atoms with Crippen LogP contribution in [0.25, 0.3) is 0 Å². The summed E-state index contributed by atoms with van der Waals surface area (Å²) in [5.41, 5.74) is 0. The monoisotopic (exact) mass is 221 g/mol. The number of carbonyl (C=O) groups is 1. The predicted molar refractivity (Wildman–Crippen MR) is 47.5 cm³/mol. The molecular weight excluding hydrogens is 209 g/mol. The molecule has 0 aromatic heterocycles. The number of hydrogen-bond acceptors (Lipinski definition) is 5. The summed E-state index contributed by atoms with van der Waals surface area (Å²) >= 11 is 0. The molecule has 80 valence electrons. The molecule has 0 saturated carbocycles. The van der Waals surface area contributed by atoms with Crippen molar-refractivity contribution in [3.8, 4) is 6.07 Å². The summed E-state index contributed by atoms with van der Waals surface area (Å²) in [5.74, 6) is -0.569. The van der Waals surface area contributed by atoms with Crippen molar-refractivity contribution < 1.29 is 23.5 Å². The van der Waals surface area contributed by atoms with E-state index < -0.39 is 19.7 Å². The first-order valence-corrected chi connectivity index (χ1v) is 5.89. The van der Waals surface area contributed by atoms with Gasteiger partial charge in [0.25, 0.3) is 0 Å². The third-order valence-corrected chi connectivity index (χ3v) is 1.82. The van der Waals surface area contributed by atoms with Crippen LogP contribution in [0.3, 0.4) is 0 Å². The van der Waals surface area contributed by atoms with Crippen LogP contribution in [-0.4, -0.2) is 30.2 Å². The average molecular weight is 221 g/mol. The quantitative estimate of drug-likeness (QED) is 0.541. The number of hydrogen-bond donors (Lipinski definition) is 1. The van der Waals surface area contributed by atoms with Gasteiger partial charge in [0.05, 0.1) is 6.61 Å². The third kappa shape index (κ3) is 7.74. The van der Waals surface area contributed by atoms with Crippen molar-refractivity contribution in [1.82, 2.24) is 0 Å². The Morgan fingerprint density at radius 3 is 2.64 bits per heavy atom. The standard InChI is InChI=1S/C7H12NO5P/c1-6(9)13-7(5-8)3-4-12-14(2,10)11/h7H,3-4H2,1-2H3,(H,10,11). The summed E-state index contributed by atoms with van der Waals surface area (Å²) in [4.78, 5) is 19.2. The minimum absolute atomic E-state index is 0.0778. The second kappa shape index (κ2) is 5.76. The first-order valence-electron chi connectivity index (χ1n) is 3.87. The summed E-state index contributed by atoms with van der Waals surface area (Å²) < 4.78 is 19.7. The van der Waals surface area contributed by atoms with E-state index in [2.05, 4.69) is 9.26 Å². The summed E-state index contributed by atoms with van der Waals surface area (Å²) in [6.07, 6.45) is -0.854. The Hall–Kier alpha value is -0.890. The summed E-state index contributed by atoms with van der Waals surface area (Å²) in [5, 5.41) is 8.49. The maximum Gasteiger partial charge on any atom is 0.325 e. The van der Waals surface area contributed by atoms with Gasteiger partial charge in [-0.25, -0.2) is 0 Å². The molecule has 0 bridgehead atoms. The van der Waals surface area contributed by atoms with Crippen molar-refractivity contribution in [3.63, 3.8) is 0 Å². The Morgan fingerprint density at radius 1 is 1.71 bits per heavy atom. The summed E-state index contributed by atoms with van der Waals surface area (Å²) in [6.45, 7) is 2.12. The molecule has 2 unspecified atom stereocenters. The maximum atomic E-state index is 10.6. The molecular formula is C7H12NO5P. The Bertz CT molecular complexity index is 278. The highest BCUT2D eigenvalue weighted by Gasteiger charge is 2.14. The number of carbonyl (C=O) groups excluding carboxylic acids is 1. The van der Waals surface area contributed by atoms with Gasteiger partial charge < -0.3 is 14.2 Å². The lowest BCUT2D eigenvalue weighted by molar-refractivity contribution is -0.144. The Labute approximate surface area is 82.0 Å². The van der Waals surface area contributed by atoms with E-state index in [1.54, 1.807) is 6.07 Å². The van der Waals surface area contributed by atoms with Crippen molar-refractivity contribution in [2.45, 2.75) is 19.4 Å². The van der Waals surface area contributed by atoms with Gasteiger partial charge >= 0.3 is 13.6 Å². The van der Waals surface area contributed by atoms with E-state index in [-0.39, 0.29) is 13.0 Å². The SMILES string of the molecule is CC(=O)OC(C#N)CCOP(C)(=O)O. The van der Waals surface area contributed by atoms with Gasteiger partial charge in [0.1, 0.15) is 6.07 Å². The van der Waals surface area contributed by atoms with Gasteiger partial charge in [-0.2, -0.15) is 5.26 Å². The molecule has 7 heteroatoms. The second-order valence-corrected chi connectivity index (χ2v) is 4.52. The lowest BCUT2D eigenvalue weighted by Gasteiger charge is -2.10. The molecule has 0 rings (SSSR count). The molecule has 0 aliphatic rings. The number of nitriles is 1. The average Bonchev–Trinajstić information content (AvgIpc) is 1.99. The highest BCUT2D eigenvalue weighted by Crippen LogP contribution is 2.36. The molecule has 2 atom stereocenters. The van der Waals surface area contributed by atoms with Crippen LogP contribution in [0.4, 0.5) is 0 Å². The van der Waals surface area contributed by atoms with Gasteiger partial charge in [-0.05, 0) is 0 Å². The van der Waals surface area contributed by atoms with E-state index >= 15 is 0 Å². The zero-order valence-electron chi connectivity index (χ0n) is 7.97. The molecule has 0 heterocycles. The zero-order chi connectivity index (χ0) is 11.2. The van der Waals surface area contributed by atoms with Gasteiger partial charge in [0.15, 0.2) is 6.10 Å². The fourth-order valence-electron chi connectivity index (χ4n) is 0.679. The number of nitrogens with zero attached hydrogens (tertiary/aromatic N) is 1. The van der Waals surface area contributed by atoms with E-state index in [9.17, 15) is 9.36 Å². The van der Waals surface area contributed by atoms with Crippen LogP contribution in [0.15, 0.2) is 0 Å². The van der Waals surface area contributed by atoms with E-state index in [1.807, 2.05) is 0 Å². The lowest BCUT2D eigenvalue weighted by atomic mass is 10.3. The molecule has 0 radical (unpaired) electrons. The smallest absolute Gasteiger partial charge is 0.325 e. The molecule has 0 fully saturated rings. The topological polar surface area (TPSA) is 96.6 Å². The van der Waals surface area contributed by atoms with Crippen LogP contribution in [0.5, 0.6) is 0 Å². The van der Waals surface area contributed by atoms with Crippen molar-refractivity contribution in [1.29, 1.82) is 5.26 Å². The molecule has 14 heavy (non-hydrogen) atoms. The van der Waals surface area contributed by atoms with Crippen LogP contribution < -0.4 is 0 Å². The van der Waals surface area contributed by atoms with Gasteiger partial charge in [-0.3, -0.25) is 9.36 Å². The highest BCUT2D eigenvalue weighted by atomic mass is 31.2. The Kier molecular flexibility index (Phi) is 5.39. The largest absolute Gasteiger partial charge is 0.447 e. The lowest BCUT2D eigenvalue weighted by Crippen LogP contribution is -2.16. The van der Waals surface area contributed by atoms with Crippen LogP contribution in [0, 0.1) is 11.3 Å². The number of esters is 1. The van der Waals surface area contributed by atoms with E-state index in [0.29, 0.717) is 0 Å². The molecule has 0 aliphatic carbocycles. The molecule has 0 amide bonds. The van der Waals surface area contributed by atoms with E-state index in [4.69, 9.17) is 10.2 Å². The number of rotatable bonds is 5. The van der Waals surface area contributed by atoms with Crippen molar-refractivity contribution in [2.24, 2.45) is 0 Å². The van der Waals surface area contributed by atoms with Crippen LogP contribution in [0.2, 0.25) is 0 Å². The third-order valence-electron chi connectivity index (χ3n) is 1.16. The minimum atomic E-state index is -3.52. The first kappa shape index (κ1) is 13.1. The fraction of sp³-hybridized carbons (Fsp3) is 0.714. The normalized spacial score (nSPS) is 16.4. The van der Waals surface area contributed by atoms with E-state index in [1.165, 1.54) is 6.92 Å². The second-order valence-electron chi connectivity index (χ2n) is 2.65. The van der Waals surface area contributed by atoms with Crippen molar-refractivity contribution in [2.75, 3.05) is 13.3 Å². The Balaban J connectivity index is 3.81. The maximum absolute atomic E-state index is 10.6. The molecule has 0 spiro atoms. The highest BCUT2D eigenvalue weighted by molar-refractivity contribution is 7.51. The van der Waals surface area contributed by atoms with Gasteiger partial charge in [0, 0.05) is 20.0 Å². The van der Waals surface area contributed by atoms with Gasteiger partial charge in [0.2, 0.25) is 0 Å². The molecule has 1 N–H and O–H groups in total. The number of ether oxygens (including phenoxy) is 1. The molecule has 6 nitrogen and oxygen atoms in total. The van der Waals surface area contributed by atoms with Crippen LogP contribution in [-0.2, 0) is 18.6 Å². The summed E-state index contributed by atoms with van der Waals surface area (Å²) in [6, 6.07) is 1.73. The molecule has 0 saturated heterocycles. The predicted octanol–water partition coefficient (Wildman–Crippen LogP) is 0.664. The molecule has 0 aromatic carbocycles. The van der Waals surface area contributed by atoms with Crippen molar-refractivity contribution >= 4 is 13.6 Å². The molecule has 0 aliphatic heterocycles. The van der Waals surface area contributed by atoms with E-state index in [0.717, 1.165) is 6.66 Å². The zero-order valence-corrected chi connectivity index (χ0v) is 8.86. The van der Waals surface area contributed by atoms with Crippen molar-refractivity contribution in [3.05, 3.63) is 0 Å². The van der Waals surface area contributed by atoms with Gasteiger partial charge in [-0.1, -0.05) is 0 Å².